The van der Waals surface area contributed by atoms with Gasteiger partial charge in [0, 0.05) is 4.47 Å². The molecule has 0 aliphatic rings. The predicted molar refractivity (Wildman–Crippen MR) is 63.2 cm³/mol. The third kappa shape index (κ3) is 3.10. The first-order chi connectivity index (χ1) is 6.56. The molecule has 1 nitrogen and oxygen atoms in total. The van der Waals surface area contributed by atoms with Crippen molar-refractivity contribution in [2.75, 3.05) is 0 Å². The van der Waals surface area contributed by atoms with Gasteiger partial charge in [0.2, 0.25) is 0 Å². The van der Waals surface area contributed by atoms with Crippen molar-refractivity contribution in [1.82, 2.24) is 0 Å². The molecule has 0 bridgehead atoms. The maximum atomic E-state index is 10.2. The maximum Gasteiger partial charge on any atom is 0.0868 e. The minimum Gasteiger partial charge on any atom is -0.385 e. The van der Waals surface area contributed by atoms with E-state index in [9.17, 15) is 5.11 Å². The highest BCUT2D eigenvalue weighted by Crippen LogP contribution is 2.27. The lowest BCUT2D eigenvalue weighted by Gasteiger charge is -2.23. The highest BCUT2D eigenvalue weighted by Gasteiger charge is 2.21. The molecule has 1 atom stereocenters. The van der Waals surface area contributed by atoms with Crippen LogP contribution in [0.2, 0.25) is 0 Å². The molecule has 14 heavy (non-hydrogen) atoms. The van der Waals surface area contributed by atoms with E-state index < -0.39 is 5.60 Å². The van der Waals surface area contributed by atoms with Crippen LogP contribution in [-0.4, -0.2) is 5.11 Å². The van der Waals surface area contributed by atoms with Crippen molar-refractivity contribution in [2.24, 2.45) is 0 Å². The zero-order valence-corrected chi connectivity index (χ0v) is 10.3. The highest BCUT2D eigenvalue weighted by atomic mass is 79.9. The quantitative estimate of drug-likeness (QED) is 0.868. The normalized spacial score (nSPS) is 15.1. The van der Waals surface area contributed by atoms with Gasteiger partial charge in [-0.25, -0.2) is 0 Å². The molecule has 0 amide bonds. The van der Waals surface area contributed by atoms with E-state index in [0.717, 1.165) is 29.3 Å². The van der Waals surface area contributed by atoms with Crippen molar-refractivity contribution in [3.05, 3.63) is 34.3 Å². The molecule has 0 saturated heterocycles. The van der Waals surface area contributed by atoms with Crippen molar-refractivity contribution in [3.8, 4) is 0 Å². The number of hydrogen-bond donors (Lipinski definition) is 1. The Morgan fingerprint density at radius 2 is 1.86 bits per heavy atom. The molecule has 0 radical (unpaired) electrons. The molecule has 0 fully saturated rings. The topological polar surface area (TPSA) is 20.2 Å². The summed E-state index contributed by atoms with van der Waals surface area (Å²) in [5.74, 6) is 0. The maximum absolute atomic E-state index is 10.2. The molecule has 1 aromatic carbocycles. The van der Waals surface area contributed by atoms with E-state index in [1.54, 1.807) is 0 Å². The van der Waals surface area contributed by atoms with E-state index in [2.05, 4.69) is 22.9 Å². The first kappa shape index (κ1) is 11.7. The van der Waals surface area contributed by atoms with Crippen LogP contribution in [0.25, 0.3) is 0 Å². The van der Waals surface area contributed by atoms with Gasteiger partial charge in [0.05, 0.1) is 5.60 Å². The van der Waals surface area contributed by atoms with E-state index in [4.69, 9.17) is 0 Å². The lowest BCUT2D eigenvalue weighted by atomic mass is 9.91. The van der Waals surface area contributed by atoms with Crippen molar-refractivity contribution in [1.29, 1.82) is 0 Å². The Balaban J connectivity index is 2.75. The van der Waals surface area contributed by atoms with Gasteiger partial charge in [-0.1, -0.05) is 47.8 Å². The second-order valence-corrected chi connectivity index (χ2v) is 4.80. The average molecular weight is 257 g/mol. The minimum absolute atomic E-state index is 0.684. The Morgan fingerprint density at radius 3 is 2.36 bits per heavy atom. The Labute approximate surface area is 94.3 Å². The summed E-state index contributed by atoms with van der Waals surface area (Å²) in [6, 6.07) is 7.88. The van der Waals surface area contributed by atoms with Crippen LogP contribution in [-0.2, 0) is 5.60 Å². The van der Waals surface area contributed by atoms with E-state index in [1.165, 1.54) is 0 Å². The average Bonchev–Trinajstić information content (AvgIpc) is 2.16. The third-order valence-electron chi connectivity index (χ3n) is 2.48. The van der Waals surface area contributed by atoms with Crippen LogP contribution in [0.15, 0.2) is 28.7 Å². The van der Waals surface area contributed by atoms with Crippen molar-refractivity contribution in [3.63, 3.8) is 0 Å². The van der Waals surface area contributed by atoms with Crippen LogP contribution in [0, 0.1) is 0 Å². The minimum atomic E-state index is -0.684. The zero-order chi connectivity index (χ0) is 10.6. The van der Waals surface area contributed by atoms with Crippen LogP contribution in [0.5, 0.6) is 0 Å². The molecular formula is C12H17BrO. The molecule has 0 spiro atoms. The van der Waals surface area contributed by atoms with Gasteiger partial charge >= 0.3 is 0 Å². The van der Waals surface area contributed by atoms with Crippen molar-refractivity contribution in [2.45, 2.75) is 38.7 Å². The Morgan fingerprint density at radius 1 is 1.29 bits per heavy atom. The van der Waals surface area contributed by atoms with Gasteiger partial charge in [-0.15, -0.1) is 0 Å². The SMILES string of the molecule is CCCCC(C)(O)c1ccc(Br)cc1. The van der Waals surface area contributed by atoms with Gasteiger partial charge in [0.25, 0.3) is 0 Å². The largest absolute Gasteiger partial charge is 0.385 e. The van der Waals surface area contributed by atoms with Crippen LogP contribution in [0.3, 0.4) is 0 Å². The molecule has 1 rings (SSSR count). The number of hydrogen-bond acceptors (Lipinski definition) is 1. The summed E-state index contributed by atoms with van der Waals surface area (Å²) in [7, 11) is 0. The molecule has 0 aliphatic heterocycles. The molecule has 0 aromatic heterocycles. The van der Waals surface area contributed by atoms with Gasteiger partial charge in [-0.2, -0.15) is 0 Å². The molecule has 78 valence electrons. The summed E-state index contributed by atoms with van der Waals surface area (Å²) in [5.41, 5.74) is 0.311. The van der Waals surface area contributed by atoms with Crippen LogP contribution < -0.4 is 0 Å². The summed E-state index contributed by atoms with van der Waals surface area (Å²) in [4.78, 5) is 0. The Bertz CT molecular complexity index is 277. The van der Waals surface area contributed by atoms with Gasteiger partial charge in [-0.05, 0) is 31.0 Å². The molecule has 0 heterocycles. The predicted octanol–water partition coefficient (Wildman–Crippen LogP) is 3.85. The fourth-order valence-corrected chi connectivity index (χ4v) is 1.74. The van der Waals surface area contributed by atoms with E-state index >= 15 is 0 Å². The van der Waals surface area contributed by atoms with Crippen LogP contribution in [0.4, 0.5) is 0 Å². The molecular weight excluding hydrogens is 240 g/mol. The summed E-state index contributed by atoms with van der Waals surface area (Å²) >= 11 is 3.38. The second-order valence-electron chi connectivity index (χ2n) is 3.88. The summed E-state index contributed by atoms with van der Waals surface area (Å²) in [6.07, 6.45) is 3.00. The number of unbranched alkanes of at least 4 members (excludes halogenated alkanes) is 1. The summed E-state index contributed by atoms with van der Waals surface area (Å²) < 4.78 is 1.05. The van der Waals surface area contributed by atoms with Gasteiger partial charge in [0.1, 0.15) is 0 Å². The highest BCUT2D eigenvalue weighted by molar-refractivity contribution is 9.10. The zero-order valence-electron chi connectivity index (χ0n) is 8.76. The molecule has 1 unspecified atom stereocenters. The summed E-state index contributed by atoms with van der Waals surface area (Å²) in [6.45, 7) is 4.02. The lowest BCUT2D eigenvalue weighted by molar-refractivity contribution is 0.0453. The first-order valence-electron chi connectivity index (χ1n) is 5.04. The van der Waals surface area contributed by atoms with Crippen molar-refractivity contribution >= 4 is 15.9 Å². The number of rotatable bonds is 4. The van der Waals surface area contributed by atoms with Crippen molar-refractivity contribution < 1.29 is 5.11 Å². The van der Waals surface area contributed by atoms with Crippen LogP contribution in [0.1, 0.15) is 38.7 Å². The van der Waals surface area contributed by atoms with Crippen LogP contribution >= 0.6 is 15.9 Å². The smallest absolute Gasteiger partial charge is 0.0868 e. The van der Waals surface area contributed by atoms with E-state index in [1.807, 2.05) is 31.2 Å². The van der Waals surface area contributed by atoms with E-state index in [0.29, 0.717) is 0 Å². The first-order valence-corrected chi connectivity index (χ1v) is 5.84. The fourth-order valence-electron chi connectivity index (χ4n) is 1.47. The molecule has 0 saturated carbocycles. The second kappa shape index (κ2) is 4.94. The number of halogens is 1. The summed E-state index contributed by atoms with van der Waals surface area (Å²) in [5, 5.41) is 10.2. The monoisotopic (exact) mass is 256 g/mol. The van der Waals surface area contributed by atoms with Gasteiger partial charge < -0.3 is 5.11 Å². The number of benzene rings is 1. The van der Waals surface area contributed by atoms with E-state index in [-0.39, 0.29) is 0 Å². The molecule has 2 heteroatoms. The van der Waals surface area contributed by atoms with Gasteiger partial charge in [-0.3, -0.25) is 0 Å². The molecule has 1 aromatic rings. The third-order valence-corrected chi connectivity index (χ3v) is 3.01. The number of aliphatic hydroxyl groups is 1. The fraction of sp³-hybridized carbons (Fsp3) is 0.500. The standard InChI is InChI=1S/C12H17BrO/c1-3-4-9-12(2,14)10-5-7-11(13)8-6-10/h5-8,14H,3-4,9H2,1-2H3. The Kier molecular flexibility index (Phi) is 4.14. The lowest BCUT2D eigenvalue weighted by Crippen LogP contribution is -2.20. The molecule has 1 N–H and O–H groups in total. The Hall–Kier alpha value is -0.340. The molecule has 0 aliphatic carbocycles. The van der Waals surface area contributed by atoms with Gasteiger partial charge in [0.15, 0.2) is 0 Å².